The van der Waals surface area contributed by atoms with Crippen LogP contribution in [0.15, 0.2) is 36.4 Å². The molecule has 0 bridgehead atoms. The summed E-state index contributed by atoms with van der Waals surface area (Å²) >= 11 is 11.8. The maximum atomic E-state index is 11.0. The van der Waals surface area contributed by atoms with Gasteiger partial charge in [-0.1, -0.05) is 23.2 Å². The van der Waals surface area contributed by atoms with Gasteiger partial charge in [0.25, 0.3) is 5.69 Å². The van der Waals surface area contributed by atoms with Crippen LogP contribution in [-0.2, 0) is 6.54 Å². The molecule has 0 saturated carbocycles. The van der Waals surface area contributed by atoms with Gasteiger partial charge in [-0.25, -0.2) is 0 Å². The number of benzene rings is 2. The highest BCUT2D eigenvalue weighted by atomic mass is 35.5. The molecule has 2 aromatic carbocycles. The minimum Gasteiger partial charge on any atom is -0.495 e. The maximum Gasteiger partial charge on any atom is 0.275 e. The van der Waals surface area contributed by atoms with Crippen LogP contribution in [0.5, 0.6) is 5.75 Å². The van der Waals surface area contributed by atoms with Gasteiger partial charge in [0.2, 0.25) is 0 Å². The molecule has 0 saturated heterocycles. The Kier molecular flexibility index (Phi) is 4.88. The molecular weight excluding hydrogens is 315 g/mol. The number of hydrogen-bond donors (Lipinski definition) is 1. The Bertz CT molecular complexity index is 677. The van der Waals surface area contributed by atoms with Gasteiger partial charge in [-0.15, -0.1) is 0 Å². The molecule has 7 heteroatoms. The Morgan fingerprint density at radius 3 is 2.62 bits per heavy atom. The Hall–Kier alpha value is -1.98. The van der Waals surface area contributed by atoms with E-state index in [1.165, 1.54) is 13.2 Å². The highest BCUT2D eigenvalue weighted by molar-refractivity contribution is 6.32. The normalized spacial score (nSPS) is 10.2. The van der Waals surface area contributed by atoms with Crippen molar-refractivity contribution in [1.29, 1.82) is 0 Å². The fraction of sp³-hybridized carbons (Fsp3) is 0.143. The summed E-state index contributed by atoms with van der Waals surface area (Å²) in [4.78, 5) is 10.5. The van der Waals surface area contributed by atoms with Crippen molar-refractivity contribution < 1.29 is 9.66 Å². The van der Waals surface area contributed by atoms with Crippen molar-refractivity contribution in [2.45, 2.75) is 6.54 Å². The van der Waals surface area contributed by atoms with Crippen molar-refractivity contribution in [1.82, 2.24) is 0 Å². The van der Waals surface area contributed by atoms with Crippen molar-refractivity contribution in [3.63, 3.8) is 0 Å². The highest BCUT2D eigenvalue weighted by Gasteiger charge is 2.14. The molecule has 0 spiro atoms. The van der Waals surface area contributed by atoms with E-state index in [1.54, 1.807) is 30.3 Å². The van der Waals surface area contributed by atoms with Gasteiger partial charge in [-0.2, -0.15) is 0 Å². The number of methoxy groups -OCH3 is 1. The van der Waals surface area contributed by atoms with E-state index >= 15 is 0 Å². The van der Waals surface area contributed by atoms with E-state index in [-0.39, 0.29) is 12.2 Å². The summed E-state index contributed by atoms with van der Waals surface area (Å²) in [7, 11) is 1.53. The Labute approximate surface area is 131 Å². The van der Waals surface area contributed by atoms with Crippen LogP contribution >= 0.6 is 23.2 Å². The summed E-state index contributed by atoms with van der Waals surface area (Å²) in [5, 5.41) is 14.9. The Morgan fingerprint density at radius 2 is 2.00 bits per heavy atom. The van der Waals surface area contributed by atoms with Gasteiger partial charge < -0.3 is 10.1 Å². The summed E-state index contributed by atoms with van der Waals surface area (Å²) < 4.78 is 5.06. The molecule has 0 amide bonds. The second kappa shape index (κ2) is 6.65. The van der Waals surface area contributed by atoms with Gasteiger partial charge >= 0.3 is 0 Å². The Balaban J connectivity index is 2.16. The number of nitro groups is 1. The number of hydrogen-bond acceptors (Lipinski definition) is 4. The summed E-state index contributed by atoms with van der Waals surface area (Å²) in [6, 6.07) is 9.78. The van der Waals surface area contributed by atoms with Gasteiger partial charge in [0.05, 0.1) is 17.1 Å². The van der Waals surface area contributed by atoms with E-state index in [1.807, 2.05) is 0 Å². The number of nitrogens with zero attached hydrogens (tertiary/aromatic N) is 1. The molecule has 1 N–H and O–H groups in total. The van der Waals surface area contributed by atoms with Crippen LogP contribution in [0, 0.1) is 10.1 Å². The number of nitro benzene ring substituents is 1. The lowest BCUT2D eigenvalue weighted by atomic mass is 10.1. The van der Waals surface area contributed by atoms with Gasteiger partial charge in [0.1, 0.15) is 5.75 Å². The van der Waals surface area contributed by atoms with Crippen LogP contribution in [0.25, 0.3) is 0 Å². The first kappa shape index (κ1) is 15.4. The van der Waals surface area contributed by atoms with Crippen LogP contribution < -0.4 is 10.1 Å². The fourth-order valence-electron chi connectivity index (χ4n) is 1.83. The smallest absolute Gasteiger partial charge is 0.275 e. The predicted octanol–water partition coefficient (Wildman–Crippen LogP) is 4.52. The molecule has 0 aromatic heterocycles. The number of anilines is 1. The number of nitrogens with one attached hydrogen (secondary N) is 1. The van der Waals surface area contributed by atoms with Gasteiger partial charge in [0, 0.05) is 28.9 Å². The van der Waals surface area contributed by atoms with Gasteiger partial charge in [-0.3, -0.25) is 10.1 Å². The lowest BCUT2D eigenvalue weighted by Gasteiger charge is -2.09. The second-order valence-corrected chi connectivity index (χ2v) is 5.08. The summed E-state index contributed by atoms with van der Waals surface area (Å²) in [6.45, 7) is 0.288. The minimum absolute atomic E-state index is 0.0189. The third-order valence-electron chi connectivity index (χ3n) is 2.88. The largest absolute Gasteiger partial charge is 0.495 e. The third kappa shape index (κ3) is 3.77. The zero-order valence-electron chi connectivity index (χ0n) is 11.1. The van der Waals surface area contributed by atoms with Crippen molar-refractivity contribution in [2.75, 3.05) is 12.4 Å². The minimum atomic E-state index is -0.454. The van der Waals surface area contributed by atoms with Crippen molar-refractivity contribution in [2.24, 2.45) is 0 Å². The standard InChI is InChI=1S/C14H12Cl2N2O3/c1-21-14-5-4-11(7-12(14)16)17-8-9-2-3-10(15)6-13(9)18(19)20/h2-7,17H,8H2,1H3. The predicted molar refractivity (Wildman–Crippen MR) is 83.4 cm³/mol. The molecule has 21 heavy (non-hydrogen) atoms. The molecular formula is C14H12Cl2N2O3. The van der Waals surface area contributed by atoms with Crippen molar-refractivity contribution >= 4 is 34.6 Å². The molecule has 0 radical (unpaired) electrons. The maximum absolute atomic E-state index is 11.0. The zero-order valence-corrected chi connectivity index (χ0v) is 12.6. The third-order valence-corrected chi connectivity index (χ3v) is 3.41. The van der Waals surface area contributed by atoms with Crippen LogP contribution in [-0.4, -0.2) is 12.0 Å². The highest BCUT2D eigenvalue weighted by Crippen LogP contribution is 2.28. The molecule has 2 rings (SSSR count). The molecule has 0 aliphatic heterocycles. The van der Waals surface area contributed by atoms with Crippen LogP contribution in [0.3, 0.4) is 0 Å². The van der Waals surface area contributed by atoms with E-state index < -0.39 is 4.92 Å². The lowest BCUT2D eigenvalue weighted by molar-refractivity contribution is -0.385. The number of halogens is 2. The van der Waals surface area contributed by atoms with Crippen molar-refractivity contribution in [3.05, 3.63) is 62.1 Å². The fourth-order valence-corrected chi connectivity index (χ4v) is 2.25. The molecule has 0 fully saturated rings. The van der Waals surface area contributed by atoms with Gasteiger partial charge in [-0.05, 0) is 30.3 Å². The SMILES string of the molecule is COc1ccc(NCc2ccc(Cl)cc2[N+](=O)[O-])cc1Cl. The first-order valence-corrected chi connectivity index (χ1v) is 6.77. The van der Waals surface area contributed by atoms with Crippen LogP contribution in [0.4, 0.5) is 11.4 Å². The van der Waals surface area contributed by atoms with E-state index in [2.05, 4.69) is 5.32 Å². The average Bonchev–Trinajstić information content (AvgIpc) is 2.46. The average molecular weight is 327 g/mol. The zero-order chi connectivity index (χ0) is 15.4. The molecule has 110 valence electrons. The van der Waals surface area contributed by atoms with E-state index in [0.29, 0.717) is 21.4 Å². The first-order chi connectivity index (χ1) is 10.0. The number of ether oxygens (including phenoxy) is 1. The molecule has 0 atom stereocenters. The monoisotopic (exact) mass is 326 g/mol. The van der Waals surface area contributed by atoms with Crippen LogP contribution in [0.1, 0.15) is 5.56 Å². The quantitative estimate of drug-likeness (QED) is 0.648. The summed E-state index contributed by atoms with van der Waals surface area (Å²) in [5.74, 6) is 0.569. The topological polar surface area (TPSA) is 64.4 Å². The molecule has 0 aliphatic carbocycles. The molecule has 0 aliphatic rings. The van der Waals surface area contributed by atoms with E-state index in [9.17, 15) is 10.1 Å². The van der Waals surface area contributed by atoms with E-state index in [4.69, 9.17) is 27.9 Å². The lowest BCUT2D eigenvalue weighted by Crippen LogP contribution is -2.03. The van der Waals surface area contributed by atoms with Crippen molar-refractivity contribution in [3.8, 4) is 5.75 Å². The van der Waals surface area contributed by atoms with Gasteiger partial charge in [0.15, 0.2) is 0 Å². The Morgan fingerprint density at radius 1 is 1.24 bits per heavy atom. The summed E-state index contributed by atoms with van der Waals surface area (Å²) in [5.41, 5.74) is 1.26. The van der Waals surface area contributed by atoms with E-state index in [0.717, 1.165) is 5.69 Å². The first-order valence-electron chi connectivity index (χ1n) is 6.01. The summed E-state index contributed by atoms with van der Waals surface area (Å²) in [6.07, 6.45) is 0. The second-order valence-electron chi connectivity index (χ2n) is 4.23. The molecule has 2 aromatic rings. The molecule has 0 unspecified atom stereocenters. The molecule has 5 nitrogen and oxygen atoms in total. The molecule has 0 heterocycles. The van der Waals surface area contributed by atoms with Crippen LogP contribution in [0.2, 0.25) is 10.0 Å². The number of rotatable bonds is 5.